The van der Waals surface area contributed by atoms with Crippen molar-refractivity contribution >= 4 is 28.1 Å². The summed E-state index contributed by atoms with van der Waals surface area (Å²) in [5.41, 5.74) is 7.46. The number of rotatable bonds is 3. The normalized spacial score (nSPS) is 11.1. The van der Waals surface area contributed by atoms with E-state index in [0.717, 1.165) is 21.5 Å². The number of nitrogens with two attached hydrogens (primary N) is 1. The SMILES string of the molecule is COc1ccc(C=Nn2cc(C)nc2N)cc1Br. The highest BCUT2D eigenvalue weighted by molar-refractivity contribution is 9.10. The monoisotopic (exact) mass is 308 g/mol. The van der Waals surface area contributed by atoms with Crippen LogP contribution in [0.3, 0.4) is 0 Å². The van der Waals surface area contributed by atoms with Crippen LogP contribution in [0.2, 0.25) is 0 Å². The van der Waals surface area contributed by atoms with E-state index in [2.05, 4.69) is 26.0 Å². The van der Waals surface area contributed by atoms with Crippen LogP contribution in [0.4, 0.5) is 5.95 Å². The van der Waals surface area contributed by atoms with Crippen molar-refractivity contribution in [2.24, 2.45) is 5.10 Å². The van der Waals surface area contributed by atoms with E-state index in [1.165, 1.54) is 4.68 Å². The number of hydrogen-bond acceptors (Lipinski definition) is 4. The lowest BCUT2D eigenvalue weighted by Crippen LogP contribution is -1.97. The van der Waals surface area contributed by atoms with Gasteiger partial charge in [-0.15, -0.1) is 0 Å². The van der Waals surface area contributed by atoms with Crippen LogP contribution in [0.15, 0.2) is 34.0 Å². The molecule has 94 valence electrons. The first-order chi connectivity index (χ1) is 8.60. The van der Waals surface area contributed by atoms with Gasteiger partial charge in [-0.3, -0.25) is 0 Å². The number of aryl methyl sites for hydroxylation is 1. The maximum atomic E-state index is 5.69. The average Bonchev–Trinajstić information content (AvgIpc) is 2.65. The van der Waals surface area contributed by atoms with Gasteiger partial charge in [0.1, 0.15) is 5.75 Å². The fourth-order valence-corrected chi connectivity index (χ4v) is 2.05. The molecular formula is C12H13BrN4O. The zero-order chi connectivity index (χ0) is 13.1. The molecule has 2 N–H and O–H groups in total. The zero-order valence-corrected chi connectivity index (χ0v) is 11.7. The van der Waals surface area contributed by atoms with Crippen LogP contribution in [0.5, 0.6) is 5.75 Å². The lowest BCUT2D eigenvalue weighted by Gasteiger charge is -2.03. The second-order valence-electron chi connectivity index (χ2n) is 3.72. The Morgan fingerprint density at radius 2 is 2.28 bits per heavy atom. The maximum Gasteiger partial charge on any atom is 0.221 e. The first kappa shape index (κ1) is 12.6. The van der Waals surface area contributed by atoms with Gasteiger partial charge in [-0.2, -0.15) is 5.10 Å². The molecule has 0 bridgehead atoms. The van der Waals surface area contributed by atoms with E-state index in [1.54, 1.807) is 19.5 Å². The molecule has 0 atom stereocenters. The van der Waals surface area contributed by atoms with E-state index < -0.39 is 0 Å². The van der Waals surface area contributed by atoms with E-state index in [0.29, 0.717) is 5.95 Å². The van der Waals surface area contributed by atoms with Crippen molar-refractivity contribution in [1.29, 1.82) is 0 Å². The number of benzene rings is 1. The molecule has 2 aromatic rings. The highest BCUT2D eigenvalue weighted by atomic mass is 79.9. The number of nitrogen functional groups attached to an aromatic ring is 1. The Labute approximate surface area is 113 Å². The average molecular weight is 309 g/mol. The van der Waals surface area contributed by atoms with Crippen LogP contribution >= 0.6 is 15.9 Å². The van der Waals surface area contributed by atoms with Gasteiger partial charge in [-0.1, -0.05) is 0 Å². The summed E-state index contributed by atoms with van der Waals surface area (Å²) >= 11 is 3.42. The number of halogens is 1. The van der Waals surface area contributed by atoms with Gasteiger partial charge < -0.3 is 10.5 Å². The van der Waals surface area contributed by atoms with Crippen LogP contribution in [0.1, 0.15) is 11.3 Å². The van der Waals surface area contributed by atoms with Gasteiger partial charge in [-0.25, -0.2) is 9.66 Å². The quantitative estimate of drug-likeness (QED) is 0.886. The lowest BCUT2D eigenvalue weighted by molar-refractivity contribution is 0.412. The molecule has 1 aromatic carbocycles. The number of imidazole rings is 1. The topological polar surface area (TPSA) is 65.4 Å². The molecule has 0 unspecified atom stereocenters. The third-order valence-electron chi connectivity index (χ3n) is 2.34. The Balaban J connectivity index is 2.24. The summed E-state index contributed by atoms with van der Waals surface area (Å²) in [6, 6.07) is 5.70. The van der Waals surface area contributed by atoms with E-state index in [1.807, 2.05) is 25.1 Å². The van der Waals surface area contributed by atoms with Gasteiger partial charge >= 0.3 is 0 Å². The number of nitrogens with zero attached hydrogens (tertiary/aromatic N) is 3. The first-order valence-corrected chi connectivity index (χ1v) is 6.09. The number of anilines is 1. The molecule has 1 aromatic heterocycles. The predicted octanol–water partition coefficient (Wildman–Crippen LogP) is 2.43. The van der Waals surface area contributed by atoms with Crippen LogP contribution in [0, 0.1) is 6.92 Å². The van der Waals surface area contributed by atoms with Crippen molar-refractivity contribution in [2.75, 3.05) is 12.8 Å². The molecule has 2 rings (SSSR count). The Morgan fingerprint density at radius 3 is 2.83 bits per heavy atom. The van der Waals surface area contributed by atoms with Crippen molar-refractivity contribution in [1.82, 2.24) is 9.66 Å². The summed E-state index contributed by atoms with van der Waals surface area (Å²) in [5, 5.41) is 4.24. The molecule has 0 aliphatic heterocycles. The number of methoxy groups -OCH3 is 1. The minimum absolute atomic E-state index is 0.372. The number of ether oxygens (including phenoxy) is 1. The second kappa shape index (κ2) is 5.22. The van der Waals surface area contributed by atoms with Crippen molar-refractivity contribution in [3.63, 3.8) is 0 Å². The van der Waals surface area contributed by atoms with Gasteiger partial charge in [0.15, 0.2) is 0 Å². The minimum Gasteiger partial charge on any atom is -0.496 e. The smallest absolute Gasteiger partial charge is 0.221 e. The molecule has 0 spiro atoms. The third kappa shape index (κ3) is 2.70. The predicted molar refractivity (Wildman–Crippen MR) is 75.1 cm³/mol. The fraction of sp³-hybridized carbons (Fsp3) is 0.167. The van der Waals surface area contributed by atoms with Crippen LogP contribution in [-0.2, 0) is 0 Å². The molecule has 18 heavy (non-hydrogen) atoms. The van der Waals surface area contributed by atoms with E-state index in [-0.39, 0.29) is 0 Å². The summed E-state index contributed by atoms with van der Waals surface area (Å²) in [6.07, 6.45) is 3.48. The molecule has 0 amide bonds. The molecule has 0 radical (unpaired) electrons. The fourth-order valence-electron chi connectivity index (χ4n) is 1.49. The molecule has 0 aliphatic carbocycles. The molecule has 6 heteroatoms. The highest BCUT2D eigenvalue weighted by Crippen LogP contribution is 2.24. The van der Waals surface area contributed by atoms with Crippen molar-refractivity contribution in [2.45, 2.75) is 6.92 Å². The number of aromatic nitrogens is 2. The Bertz CT molecular complexity index is 592. The minimum atomic E-state index is 0.372. The highest BCUT2D eigenvalue weighted by Gasteiger charge is 2.01. The maximum absolute atomic E-state index is 5.69. The summed E-state index contributed by atoms with van der Waals surface area (Å²) in [5.74, 6) is 1.15. The van der Waals surface area contributed by atoms with Gasteiger partial charge in [0.25, 0.3) is 0 Å². The van der Waals surface area contributed by atoms with Crippen LogP contribution in [0.25, 0.3) is 0 Å². The Kier molecular flexibility index (Phi) is 3.66. The summed E-state index contributed by atoms with van der Waals surface area (Å²) in [7, 11) is 1.63. The molecule has 0 fully saturated rings. The Hall–Kier alpha value is -1.82. The van der Waals surface area contributed by atoms with Crippen LogP contribution < -0.4 is 10.5 Å². The summed E-state index contributed by atoms with van der Waals surface area (Å²) in [4.78, 5) is 4.07. The van der Waals surface area contributed by atoms with Crippen molar-refractivity contribution in [3.05, 3.63) is 40.1 Å². The molecule has 0 saturated heterocycles. The first-order valence-electron chi connectivity index (χ1n) is 5.29. The lowest BCUT2D eigenvalue weighted by atomic mass is 10.2. The standard InChI is InChI=1S/C12H13BrN4O/c1-8-7-17(12(14)16-8)15-6-9-3-4-11(18-2)10(13)5-9/h3-7H,1-2H3,(H2,14,16). The number of hydrogen-bond donors (Lipinski definition) is 1. The third-order valence-corrected chi connectivity index (χ3v) is 2.96. The molecule has 0 saturated carbocycles. The van der Waals surface area contributed by atoms with Gasteiger partial charge in [0.2, 0.25) is 5.95 Å². The van der Waals surface area contributed by atoms with Gasteiger partial charge in [0.05, 0.1) is 29.7 Å². The zero-order valence-electron chi connectivity index (χ0n) is 10.1. The Morgan fingerprint density at radius 1 is 1.50 bits per heavy atom. The van der Waals surface area contributed by atoms with E-state index in [4.69, 9.17) is 10.5 Å². The van der Waals surface area contributed by atoms with Gasteiger partial charge in [0, 0.05) is 0 Å². The van der Waals surface area contributed by atoms with Gasteiger partial charge in [-0.05, 0) is 46.6 Å². The summed E-state index contributed by atoms with van der Waals surface area (Å²) < 4.78 is 7.57. The van der Waals surface area contributed by atoms with Crippen LogP contribution in [-0.4, -0.2) is 23.0 Å². The molecule has 5 nitrogen and oxygen atoms in total. The van der Waals surface area contributed by atoms with Crippen molar-refractivity contribution in [3.8, 4) is 5.75 Å². The molecular weight excluding hydrogens is 296 g/mol. The van der Waals surface area contributed by atoms with Crippen molar-refractivity contribution < 1.29 is 4.74 Å². The van der Waals surface area contributed by atoms with E-state index in [9.17, 15) is 0 Å². The second-order valence-corrected chi connectivity index (χ2v) is 4.58. The molecule has 1 heterocycles. The largest absolute Gasteiger partial charge is 0.496 e. The summed E-state index contributed by atoms with van der Waals surface area (Å²) in [6.45, 7) is 1.87. The van der Waals surface area contributed by atoms with E-state index >= 15 is 0 Å². The molecule has 0 aliphatic rings.